The molecule has 1 N–H and O–H groups in total. The topological polar surface area (TPSA) is 85.3 Å². The van der Waals surface area contributed by atoms with Gasteiger partial charge in [0.15, 0.2) is 5.60 Å². The molecule has 0 aromatic heterocycles. The first kappa shape index (κ1) is 21.0. The predicted molar refractivity (Wildman–Crippen MR) is 87.7 cm³/mol. The molecule has 1 aromatic carbocycles. The van der Waals surface area contributed by atoms with Crippen molar-refractivity contribution in [3.8, 4) is 5.75 Å². The summed E-state index contributed by atoms with van der Waals surface area (Å²) < 4.78 is 54.9. The first-order valence-electron chi connectivity index (χ1n) is 7.94. The Morgan fingerprint density at radius 1 is 1.33 bits per heavy atom. The molecule has 1 aliphatic heterocycles. The fourth-order valence-corrected chi connectivity index (χ4v) is 2.76. The Morgan fingerprint density at radius 3 is 2.48 bits per heavy atom. The molecule has 0 aliphatic carbocycles. The third-order valence-corrected chi connectivity index (χ3v) is 3.98. The monoisotopic (exact) mass is 391 g/mol. The third kappa shape index (κ3) is 4.16. The molecule has 1 heterocycles. The van der Waals surface area contributed by atoms with Crippen molar-refractivity contribution in [3.63, 3.8) is 0 Å². The van der Waals surface area contributed by atoms with E-state index < -0.39 is 40.9 Å². The van der Waals surface area contributed by atoms with Gasteiger partial charge >= 0.3 is 12.1 Å². The number of halogens is 3. The number of anilines is 1. The summed E-state index contributed by atoms with van der Waals surface area (Å²) in [5.74, 6) is -2.02. The van der Waals surface area contributed by atoms with Crippen molar-refractivity contribution in [1.82, 2.24) is 0 Å². The number of aliphatic hydroxyl groups is 1. The first-order valence-corrected chi connectivity index (χ1v) is 7.94. The molecule has 1 aliphatic rings. The maximum absolute atomic E-state index is 13.4. The van der Waals surface area contributed by atoms with Crippen molar-refractivity contribution in [3.05, 3.63) is 23.3 Å². The SMILES string of the molecule is COCC(O)CN1C(=O)C(C)(C)Oc2cc(C(F)(F)F)c(C(=O)OC)cc21. The van der Waals surface area contributed by atoms with Gasteiger partial charge in [-0.15, -0.1) is 0 Å². The number of carbonyl (C=O) groups excluding carboxylic acids is 2. The number of methoxy groups -OCH3 is 2. The quantitative estimate of drug-likeness (QED) is 0.773. The van der Waals surface area contributed by atoms with Crippen LogP contribution >= 0.6 is 0 Å². The second-order valence-corrected chi connectivity index (χ2v) is 6.49. The summed E-state index contributed by atoms with van der Waals surface area (Å²) >= 11 is 0. The smallest absolute Gasteiger partial charge is 0.417 e. The highest BCUT2D eigenvalue weighted by atomic mass is 19.4. The molecular weight excluding hydrogens is 371 g/mol. The Bertz CT molecular complexity index is 747. The molecule has 0 spiro atoms. The van der Waals surface area contributed by atoms with E-state index in [-0.39, 0.29) is 24.6 Å². The third-order valence-electron chi connectivity index (χ3n) is 3.98. The molecule has 10 heteroatoms. The van der Waals surface area contributed by atoms with Crippen LogP contribution in [0.25, 0.3) is 0 Å². The number of esters is 1. The van der Waals surface area contributed by atoms with Crippen LogP contribution in [0.2, 0.25) is 0 Å². The summed E-state index contributed by atoms with van der Waals surface area (Å²) in [4.78, 5) is 25.6. The minimum Gasteiger partial charge on any atom is -0.476 e. The van der Waals surface area contributed by atoms with Gasteiger partial charge in [-0.3, -0.25) is 4.79 Å². The molecule has 150 valence electrons. The van der Waals surface area contributed by atoms with E-state index in [1.54, 1.807) is 0 Å². The molecule has 27 heavy (non-hydrogen) atoms. The van der Waals surface area contributed by atoms with E-state index >= 15 is 0 Å². The van der Waals surface area contributed by atoms with Gasteiger partial charge in [0.05, 0.1) is 43.2 Å². The van der Waals surface area contributed by atoms with Crippen LogP contribution in [-0.4, -0.2) is 56.1 Å². The van der Waals surface area contributed by atoms with Gasteiger partial charge < -0.3 is 24.2 Å². The zero-order chi connectivity index (χ0) is 20.6. The number of amides is 1. The second-order valence-electron chi connectivity index (χ2n) is 6.49. The Morgan fingerprint density at radius 2 is 1.96 bits per heavy atom. The number of fused-ring (bicyclic) bond motifs is 1. The lowest BCUT2D eigenvalue weighted by molar-refractivity contribution is -0.138. The number of hydrogen-bond acceptors (Lipinski definition) is 6. The predicted octanol–water partition coefficient (Wildman–Crippen LogP) is 2.00. The molecule has 0 saturated heterocycles. The van der Waals surface area contributed by atoms with Gasteiger partial charge in [0.25, 0.3) is 5.91 Å². The van der Waals surface area contributed by atoms with E-state index in [4.69, 9.17) is 9.47 Å². The highest BCUT2D eigenvalue weighted by Gasteiger charge is 2.44. The van der Waals surface area contributed by atoms with Gasteiger partial charge in [-0.25, -0.2) is 4.79 Å². The van der Waals surface area contributed by atoms with E-state index in [1.165, 1.54) is 21.0 Å². The largest absolute Gasteiger partial charge is 0.476 e. The van der Waals surface area contributed by atoms with Crippen LogP contribution in [0.3, 0.4) is 0 Å². The standard InChI is InChI=1S/C17H20F3NO6/c1-16(2)15(24)21(7-9(22)8-25-3)12-5-10(14(23)26-4)11(17(18,19)20)6-13(12)27-16/h5-6,9,22H,7-8H2,1-4H3. The highest BCUT2D eigenvalue weighted by molar-refractivity contribution is 6.04. The number of hydrogen-bond donors (Lipinski definition) is 1. The van der Waals surface area contributed by atoms with Crippen LogP contribution in [0.5, 0.6) is 5.75 Å². The molecule has 1 aromatic rings. The fraction of sp³-hybridized carbons (Fsp3) is 0.529. The van der Waals surface area contributed by atoms with E-state index in [2.05, 4.69) is 4.74 Å². The fourth-order valence-electron chi connectivity index (χ4n) is 2.76. The van der Waals surface area contributed by atoms with Crippen molar-refractivity contribution in [2.24, 2.45) is 0 Å². The summed E-state index contributed by atoms with van der Waals surface area (Å²) in [5.41, 5.74) is -3.53. The van der Waals surface area contributed by atoms with Gasteiger partial charge in [-0.05, 0) is 26.0 Å². The zero-order valence-corrected chi connectivity index (χ0v) is 15.2. The van der Waals surface area contributed by atoms with Crippen molar-refractivity contribution < 1.29 is 42.1 Å². The van der Waals surface area contributed by atoms with Gasteiger partial charge in [-0.2, -0.15) is 13.2 Å². The average molecular weight is 391 g/mol. The molecule has 0 bridgehead atoms. The lowest BCUT2D eigenvalue weighted by Gasteiger charge is -2.40. The maximum Gasteiger partial charge on any atom is 0.417 e. The lowest BCUT2D eigenvalue weighted by atomic mass is 9.99. The highest BCUT2D eigenvalue weighted by Crippen LogP contribution is 2.44. The number of ether oxygens (including phenoxy) is 3. The molecule has 0 saturated carbocycles. The van der Waals surface area contributed by atoms with Crippen LogP contribution in [0, 0.1) is 0 Å². The first-order chi connectivity index (χ1) is 12.4. The molecule has 2 rings (SSSR count). The molecule has 0 radical (unpaired) electrons. The number of benzene rings is 1. The van der Waals surface area contributed by atoms with Gasteiger partial charge in [0, 0.05) is 7.11 Å². The van der Waals surface area contributed by atoms with Crippen molar-refractivity contribution in [2.75, 3.05) is 32.3 Å². The van der Waals surface area contributed by atoms with Gasteiger partial charge in [-0.1, -0.05) is 0 Å². The Labute approximate surface area is 153 Å². The molecule has 7 nitrogen and oxygen atoms in total. The summed E-state index contributed by atoms with van der Waals surface area (Å²) in [7, 11) is 2.31. The molecular formula is C17H20F3NO6. The summed E-state index contributed by atoms with van der Waals surface area (Å²) in [6.45, 7) is 2.45. The zero-order valence-electron chi connectivity index (χ0n) is 15.2. The summed E-state index contributed by atoms with van der Waals surface area (Å²) in [5, 5.41) is 9.99. The molecule has 1 atom stereocenters. The van der Waals surface area contributed by atoms with Gasteiger partial charge in [0.2, 0.25) is 0 Å². The number of nitrogens with zero attached hydrogens (tertiary/aromatic N) is 1. The van der Waals surface area contributed by atoms with Crippen LogP contribution < -0.4 is 9.64 Å². The van der Waals surface area contributed by atoms with E-state index in [0.29, 0.717) is 6.07 Å². The Kier molecular flexibility index (Phi) is 5.71. The number of aliphatic hydroxyl groups excluding tert-OH is 1. The van der Waals surface area contributed by atoms with Crippen molar-refractivity contribution in [2.45, 2.75) is 31.7 Å². The lowest BCUT2D eigenvalue weighted by Crippen LogP contribution is -2.54. The number of rotatable bonds is 5. The minimum atomic E-state index is -4.84. The Hall–Kier alpha value is -2.33. The Balaban J connectivity index is 2.65. The molecule has 1 amide bonds. The number of β-amino-alcohol motifs (C(OH)–C–C–N with tert-alkyl or cyclic N) is 1. The normalized spacial score (nSPS) is 17.2. The molecule has 0 fully saturated rings. The molecule has 1 unspecified atom stereocenters. The second kappa shape index (κ2) is 7.35. The van der Waals surface area contributed by atoms with Crippen LogP contribution in [-0.2, 0) is 20.4 Å². The van der Waals surface area contributed by atoms with E-state index in [1.807, 2.05) is 0 Å². The number of alkyl halides is 3. The minimum absolute atomic E-state index is 0.0668. The van der Waals surface area contributed by atoms with Crippen LogP contribution in [0.15, 0.2) is 12.1 Å². The maximum atomic E-state index is 13.4. The van der Waals surface area contributed by atoms with Crippen LogP contribution in [0.4, 0.5) is 18.9 Å². The number of carbonyl (C=O) groups is 2. The van der Waals surface area contributed by atoms with Gasteiger partial charge in [0.1, 0.15) is 5.75 Å². The average Bonchev–Trinajstić information content (AvgIpc) is 2.56. The van der Waals surface area contributed by atoms with E-state index in [0.717, 1.165) is 18.1 Å². The van der Waals surface area contributed by atoms with Crippen LogP contribution in [0.1, 0.15) is 29.8 Å². The van der Waals surface area contributed by atoms with E-state index in [9.17, 15) is 27.9 Å². The summed E-state index contributed by atoms with van der Waals surface area (Å²) in [6, 6.07) is 1.54. The van der Waals surface area contributed by atoms with Crippen molar-refractivity contribution in [1.29, 1.82) is 0 Å². The van der Waals surface area contributed by atoms with Crippen molar-refractivity contribution >= 4 is 17.6 Å². The summed E-state index contributed by atoms with van der Waals surface area (Å²) in [6.07, 6.45) is -5.93.